The zero-order chi connectivity index (χ0) is 13.1. The number of ketones is 1. The second-order valence-corrected chi connectivity index (χ2v) is 5.60. The van der Waals surface area contributed by atoms with Crippen LogP contribution in [0, 0.1) is 0 Å². The van der Waals surface area contributed by atoms with Gasteiger partial charge in [-0.2, -0.15) is 0 Å². The maximum Gasteiger partial charge on any atom is 0.191 e. The van der Waals surface area contributed by atoms with Gasteiger partial charge in [-0.25, -0.2) is 0 Å². The summed E-state index contributed by atoms with van der Waals surface area (Å²) in [5.74, 6) is 0.0552. The summed E-state index contributed by atoms with van der Waals surface area (Å²) in [5.41, 5.74) is 0.654. The van der Waals surface area contributed by atoms with Gasteiger partial charge >= 0.3 is 0 Å². The molecule has 1 aromatic carbocycles. The number of carbonyl (C=O) groups is 1. The third-order valence-electron chi connectivity index (χ3n) is 2.45. The van der Waals surface area contributed by atoms with Gasteiger partial charge in [-0.15, -0.1) is 10.2 Å². The van der Waals surface area contributed by atoms with Gasteiger partial charge in [0.2, 0.25) is 0 Å². The highest BCUT2D eigenvalue weighted by molar-refractivity contribution is 8.00. The van der Waals surface area contributed by atoms with E-state index in [1.54, 1.807) is 35.2 Å². The third kappa shape index (κ3) is 2.91. The minimum atomic E-state index is -0.214. The van der Waals surface area contributed by atoms with Crippen LogP contribution in [-0.4, -0.2) is 25.8 Å². The molecular formula is C12H12ClN3OS. The van der Waals surface area contributed by atoms with Crippen LogP contribution in [0.3, 0.4) is 0 Å². The van der Waals surface area contributed by atoms with Crippen LogP contribution in [-0.2, 0) is 7.05 Å². The van der Waals surface area contributed by atoms with Crippen molar-refractivity contribution in [3.63, 3.8) is 0 Å². The number of aryl methyl sites for hydroxylation is 1. The number of halogens is 1. The first-order chi connectivity index (χ1) is 8.58. The molecule has 0 fully saturated rings. The van der Waals surface area contributed by atoms with Crippen LogP contribution < -0.4 is 0 Å². The Bertz CT molecular complexity index is 553. The highest BCUT2D eigenvalue weighted by atomic mass is 35.5. The van der Waals surface area contributed by atoms with E-state index in [9.17, 15) is 4.79 Å². The lowest BCUT2D eigenvalue weighted by Gasteiger charge is -2.09. The molecule has 2 rings (SSSR count). The van der Waals surface area contributed by atoms with Gasteiger partial charge in [0.1, 0.15) is 6.33 Å². The van der Waals surface area contributed by atoms with Crippen molar-refractivity contribution >= 4 is 29.1 Å². The lowest BCUT2D eigenvalue weighted by atomic mass is 10.1. The van der Waals surface area contributed by atoms with Gasteiger partial charge in [-0.3, -0.25) is 4.79 Å². The fourth-order valence-electron chi connectivity index (χ4n) is 1.44. The molecular weight excluding hydrogens is 270 g/mol. The van der Waals surface area contributed by atoms with E-state index in [-0.39, 0.29) is 11.0 Å². The van der Waals surface area contributed by atoms with Gasteiger partial charge in [0.15, 0.2) is 10.9 Å². The van der Waals surface area contributed by atoms with Crippen molar-refractivity contribution in [3.05, 3.63) is 41.2 Å². The van der Waals surface area contributed by atoms with Crippen LogP contribution in [0.2, 0.25) is 5.02 Å². The number of nitrogens with zero attached hydrogens (tertiary/aromatic N) is 3. The highest BCUT2D eigenvalue weighted by Gasteiger charge is 2.18. The zero-order valence-corrected chi connectivity index (χ0v) is 11.6. The summed E-state index contributed by atoms with van der Waals surface area (Å²) in [6.07, 6.45) is 1.61. The molecule has 1 atom stereocenters. The molecule has 0 amide bonds. The first-order valence-corrected chi connectivity index (χ1v) is 6.64. The third-order valence-corrected chi connectivity index (χ3v) is 3.85. The molecule has 0 spiro atoms. The van der Waals surface area contributed by atoms with E-state index in [1.807, 2.05) is 14.0 Å². The summed E-state index contributed by atoms with van der Waals surface area (Å²) in [7, 11) is 1.85. The van der Waals surface area contributed by atoms with Crippen LogP contribution in [0.5, 0.6) is 0 Å². The number of thioether (sulfide) groups is 1. The zero-order valence-electron chi connectivity index (χ0n) is 10.0. The monoisotopic (exact) mass is 281 g/mol. The van der Waals surface area contributed by atoms with E-state index in [1.165, 1.54) is 11.8 Å². The van der Waals surface area contributed by atoms with Gasteiger partial charge in [-0.05, 0) is 31.2 Å². The Hall–Kier alpha value is -1.33. The molecule has 0 saturated heterocycles. The van der Waals surface area contributed by atoms with Gasteiger partial charge in [0, 0.05) is 17.6 Å². The summed E-state index contributed by atoms with van der Waals surface area (Å²) in [4.78, 5) is 12.2. The molecule has 1 unspecified atom stereocenters. The molecule has 0 bridgehead atoms. The standard InChI is InChI=1S/C12H12ClN3OS/c1-8(18-12-15-14-7-16(12)2)11(17)9-3-5-10(13)6-4-9/h3-8H,1-2H3. The van der Waals surface area contributed by atoms with E-state index in [4.69, 9.17) is 11.6 Å². The van der Waals surface area contributed by atoms with Gasteiger partial charge in [0.25, 0.3) is 0 Å². The van der Waals surface area contributed by atoms with Crippen molar-refractivity contribution < 1.29 is 4.79 Å². The quantitative estimate of drug-likeness (QED) is 0.639. The van der Waals surface area contributed by atoms with Crippen LogP contribution in [0.15, 0.2) is 35.7 Å². The molecule has 0 radical (unpaired) electrons. The average molecular weight is 282 g/mol. The topological polar surface area (TPSA) is 47.8 Å². The normalized spacial score (nSPS) is 12.4. The molecule has 0 aliphatic rings. The fourth-order valence-corrected chi connectivity index (χ4v) is 2.43. The van der Waals surface area contributed by atoms with Crippen molar-refractivity contribution in [1.29, 1.82) is 0 Å². The summed E-state index contributed by atoms with van der Waals surface area (Å²) >= 11 is 7.18. The molecule has 4 nitrogen and oxygen atoms in total. The SMILES string of the molecule is CC(Sc1nncn1C)C(=O)c1ccc(Cl)cc1. The predicted molar refractivity (Wildman–Crippen MR) is 72.1 cm³/mol. The predicted octanol–water partition coefficient (Wildman–Crippen LogP) is 2.83. The minimum Gasteiger partial charge on any atom is -0.312 e. The molecule has 0 aliphatic carbocycles. The highest BCUT2D eigenvalue weighted by Crippen LogP contribution is 2.23. The lowest BCUT2D eigenvalue weighted by Crippen LogP contribution is -2.14. The molecule has 0 aliphatic heterocycles. The van der Waals surface area contributed by atoms with Crippen molar-refractivity contribution in [2.24, 2.45) is 7.05 Å². The fraction of sp³-hybridized carbons (Fsp3) is 0.250. The molecule has 1 aromatic heterocycles. The summed E-state index contributed by atoms with van der Waals surface area (Å²) in [6.45, 7) is 1.86. The lowest BCUT2D eigenvalue weighted by molar-refractivity contribution is 0.0994. The Morgan fingerprint density at radius 1 is 1.39 bits per heavy atom. The van der Waals surface area contributed by atoms with E-state index in [0.29, 0.717) is 10.6 Å². The largest absolute Gasteiger partial charge is 0.312 e. The average Bonchev–Trinajstić information content (AvgIpc) is 2.75. The van der Waals surface area contributed by atoms with Crippen LogP contribution in [0.25, 0.3) is 0 Å². The van der Waals surface area contributed by atoms with Crippen LogP contribution >= 0.6 is 23.4 Å². The van der Waals surface area contributed by atoms with Crippen molar-refractivity contribution in [2.45, 2.75) is 17.3 Å². The molecule has 0 saturated carbocycles. The summed E-state index contributed by atoms with van der Waals surface area (Å²) in [6, 6.07) is 6.90. The molecule has 18 heavy (non-hydrogen) atoms. The van der Waals surface area contributed by atoms with Crippen molar-refractivity contribution in [2.75, 3.05) is 0 Å². The van der Waals surface area contributed by atoms with Crippen molar-refractivity contribution in [3.8, 4) is 0 Å². The van der Waals surface area contributed by atoms with E-state index in [0.717, 1.165) is 5.16 Å². The number of carbonyl (C=O) groups excluding carboxylic acids is 1. The second-order valence-electron chi connectivity index (χ2n) is 3.86. The number of hydrogen-bond acceptors (Lipinski definition) is 4. The molecule has 2 aromatic rings. The molecule has 0 N–H and O–H groups in total. The minimum absolute atomic E-state index is 0.0552. The van der Waals surface area contributed by atoms with Crippen molar-refractivity contribution in [1.82, 2.24) is 14.8 Å². The van der Waals surface area contributed by atoms with Gasteiger partial charge in [0.05, 0.1) is 5.25 Å². The summed E-state index contributed by atoms with van der Waals surface area (Å²) < 4.78 is 1.79. The van der Waals surface area contributed by atoms with E-state index in [2.05, 4.69) is 10.2 Å². The first-order valence-electron chi connectivity index (χ1n) is 5.38. The Kier molecular flexibility index (Phi) is 4.04. The Morgan fingerprint density at radius 2 is 2.06 bits per heavy atom. The smallest absolute Gasteiger partial charge is 0.191 e. The number of Topliss-reactive ketones (excluding diaryl/α,β-unsaturated/α-hetero) is 1. The van der Waals surface area contributed by atoms with E-state index < -0.39 is 0 Å². The number of benzene rings is 1. The number of aromatic nitrogens is 3. The van der Waals surface area contributed by atoms with Gasteiger partial charge < -0.3 is 4.57 Å². The Balaban J connectivity index is 2.09. The first kappa shape index (κ1) is 13.1. The number of hydrogen-bond donors (Lipinski definition) is 0. The van der Waals surface area contributed by atoms with E-state index >= 15 is 0 Å². The van der Waals surface area contributed by atoms with Gasteiger partial charge in [-0.1, -0.05) is 23.4 Å². The Labute approximate surface area is 114 Å². The maximum atomic E-state index is 12.2. The second kappa shape index (κ2) is 5.54. The van der Waals surface area contributed by atoms with Crippen LogP contribution in [0.1, 0.15) is 17.3 Å². The van der Waals surface area contributed by atoms with Crippen LogP contribution in [0.4, 0.5) is 0 Å². The maximum absolute atomic E-state index is 12.2. The molecule has 94 valence electrons. The molecule has 6 heteroatoms. The summed E-state index contributed by atoms with van der Waals surface area (Å²) in [5, 5.41) is 8.87. The number of rotatable bonds is 4. The molecule has 1 heterocycles. The Morgan fingerprint density at radius 3 is 2.61 bits per heavy atom.